The maximum atomic E-state index is 5.23. The van der Waals surface area contributed by atoms with Gasteiger partial charge in [0.1, 0.15) is 11.6 Å². The molecule has 0 aliphatic rings. The average molecular weight is 807 g/mol. The second kappa shape index (κ2) is 11.8. The first-order chi connectivity index (χ1) is 22.3. The topological polar surface area (TPSA) is 54.8 Å². The Morgan fingerprint density at radius 3 is 1.57 bits per heavy atom. The van der Waals surface area contributed by atoms with Crippen molar-refractivity contribution in [2.75, 3.05) is 4.90 Å². The number of nitrogens with zero attached hydrogens (tertiary/aromatic N) is 5. The zero-order chi connectivity index (χ0) is 29.7. The predicted molar refractivity (Wildman–Crippen MR) is 187 cm³/mol. The van der Waals surface area contributed by atoms with Gasteiger partial charge in [0.25, 0.3) is 0 Å². The second-order valence-corrected chi connectivity index (χ2v) is 12.7. The summed E-state index contributed by atoms with van der Waals surface area (Å²) in [5.74, 6) is 1.54. The first-order valence-electron chi connectivity index (χ1n) is 14.5. The molecular weight excluding hydrogens is 786 g/mol. The monoisotopic (exact) mass is 806 g/mol. The molecular formula is C38H21N5PtS2. The summed E-state index contributed by atoms with van der Waals surface area (Å²) in [5.41, 5.74) is 4.63. The summed E-state index contributed by atoms with van der Waals surface area (Å²) >= 11 is 3.45. The molecule has 9 aromatic rings. The minimum absolute atomic E-state index is 0. The molecule has 0 atom stereocenters. The zero-order valence-electron chi connectivity index (χ0n) is 24.0. The van der Waals surface area contributed by atoms with Crippen molar-refractivity contribution in [3.8, 4) is 22.5 Å². The molecule has 0 saturated heterocycles. The summed E-state index contributed by atoms with van der Waals surface area (Å²) in [6, 6.07) is 41.9. The predicted octanol–water partition coefficient (Wildman–Crippen LogP) is 10.4. The molecule has 0 aliphatic carbocycles. The van der Waals surface area contributed by atoms with Gasteiger partial charge in [-0.3, -0.25) is 24.8 Å². The molecule has 6 heterocycles. The Labute approximate surface area is 287 Å². The van der Waals surface area contributed by atoms with E-state index in [-0.39, 0.29) is 21.1 Å². The Bertz CT molecular complexity index is 2370. The van der Waals surface area contributed by atoms with Crippen molar-refractivity contribution in [2.24, 2.45) is 0 Å². The second-order valence-electron chi connectivity index (χ2n) is 10.6. The van der Waals surface area contributed by atoms with Gasteiger partial charge in [0.15, 0.2) is 0 Å². The molecule has 0 spiro atoms. The molecule has 0 fully saturated rings. The molecule has 0 amide bonds. The van der Waals surface area contributed by atoms with Gasteiger partial charge in [-0.05, 0) is 68.0 Å². The van der Waals surface area contributed by atoms with Crippen LogP contribution in [0.3, 0.4) is 0 Å². The van der Waals surface area contributed by atoms with Gasteiger partial charge in [0.2, 0.25) is 0 Å². The summed E-state index contributed by atoms with van der Waals surface area (Å²) in [4.78, 5) is 21.2. The Balaban J connectivity index is 0.00000312. The number of rotatable bonds is 5. The molecule has 220 valence electrons. The summed E-state index contributed by atoms with van der Waals surface area (Å²) < 4.78 is 4.61. The van der Waals surface area contributed by atoms with E-state index < -0.39 is 0 Å². The van der Waals surface area contributed by atoms with Crippen molar-refractivity contribution in [1.82, 2.24) is 19.9 Å². The third kappa shape index (κ3) is 4.79. The van der Waals surface area contributed by atoms with E-state index in [2.05, 4.69) is 87.7 Å². The molecule has 0 saturated carbocycles. The summed E-state index contributed by atoms with van der Waals surface area (Å²) in [6.45, 7) is 0. The third-order valence-corrected chi connectivity index (χ3v) is 10.3. The van der Waals surface area contributed by atoms with Gasteiger partial charge in [0, 0.05) is 39.9 Å². The van der Waals surface area contributed by atoms with Crippen molar-refractivity contribution >= 4 is 80.3 Å². The van der Waals surface area contributed by atoms with E-state index in [4.69, 9.17) is 9.97 Å². The SMILES string of the molecule is [Pt+2].[c-]1ccc2c(sc3cnccc32)c1-c1cccc(N(c2ccccc2)c2cccc(-c3[c-]ccc4c3sc3cnccc34)n2)n1. The molecule has 8 heteroatoms. The van der Waals surface area contributed by atoms with Gasteiger partial charge >= 0.3 is 21.1 Å². The van der Waals surface area contributed by atoms with E-state index in [1.807, 2.05) is 67.3 Å². The van der Waals surface area contributed by atoms with Crippen molar-refractivity contribution in [2.45, 2.75) is 0 Å². The van der Waals surface area contributed by atoms with E-state index in [9.17, 15) is 0 Å². The quantitative estimate of drug-likeness (QED) is 0.162. The van der Waals surface area contributed by atoms with Crippen LogP contribution in [-0.2, 0) is 21.1 Å². The van der Waals surface area contributed by atoms with Gasteiger partial charge in [-0.1, -0.05) is 53.2 Å². The van der Waals surface area contributed by atoms with E-state index >= 15 is 0 Å². The Kier molecular flexibility index (Phi) is 7.38. The Hall–Kier alpha value is -4.81. The van der Waals surface area contributed by atoms with Crippen LogP contribution >= 0.6 is 22.7 Å². The first-order valence-corrected chi connectivity index (χ1v) is 16.1. The number of para-hydroxylation sites is 1. The Morgan fingerprint density at radius 2 is 1.04 bits per heavy atom. The van der Waals surface area contributed by atoms with Crippen LogP contribution in [0.1, 0.15) is 0 Å². The van der Waals surface area contributed by atoms with E-state index in [1.165, 1.54) is 21.5 Å². The first kappa shape index (κ1) is 28.6. The van der Waals surface area contributed by atoms with Crippen LogP contribution in [0.15, 0.2) is 128 Å². The van der Waals surface area contributed by atoms with Crippen molar-refractivity contribution in [1.29, 1.82) is 0 Å². The summed E-state index contributed by atoms with van der Waals surface area (Å²) in [7, 11) is 0. The maximum Gasteiger partial charge on any atom is 2.00 e. The molecule has 46 heavy (non-hydrogen) atoms. The number of benzene rings is 3. The number of anilines is 3. The minimum atomic E-state index is 0. The third-order valence-electron chi connectivity index (χ3n) is 7.93. The standard InChI is InChI=1S/C38H21N5S2.Pt/c1-2-8-24(9-3-1)43(35-16-6-14-31(41-35)29-12-4-10-27-25-18-20-39-22-33(25)44-37(27)29)36-17-7-15-32(42-36)30-13-5-11-28-26-19-21-40-23-34(26)45-38(28)30;/h1-11,14-23H;/q-2;+2. The van der Waals surface area contributed by atoms with Crippen LogP contribution in [0.5, 0.6) is 0 Å². The maximum absolute atomic E-state index is 5.23. The van der Waals surface area contributed by atoms with Crippen LogP contribution in [0.4, 0.5) is 17.3 Å². The van der Waals surface area contributed by atoms with E-state index in [0.29, 0.717) is 0 Å². The molecule has 0 aliphatic heterocycles. The normalized spacial score (nSPS) is 11.3. The Morgan fingerprint density at radius 1 is 0.522 bits per heavy atom. The molecule has 0 bridgehead atoms. The smallest absolute Gasteiger partial charge is 0.280 e. The van der Waals surface area contributed by atoms with Gasteiger partial charge in [-0.2, -0.15) is 22.7 Å². The van der Waals surface area contributed by atoms with E-state index in [1.54, 1.807) is 22.7 Å². The van der Waals surface area contributed by atoms with Gasteiger partial charge in [0.05, 0.1) is 0 Å². The van der Waals surface area contributed by atoms with Gasteiger partial charge in [-0.25, -0.2) is 0 Å². The number of aromatic nitrogens is 4. The van der Waals surface area contributed by atoms with Crippen molar-refractivity contribution in [3.05, 3.63) is 140 Å². The molecule has 0 unspecified atom stereocenters. The van der Waals surface area contributed by atoms with Crippen LogP contribution in [-0.4, -0.2) is 19.9 Å². The molecule has 9 rings (SSSR count). The van der Waals surface area contributed by atoms with Crippen LogP contribution in [0, 0.1) is 12.1 Å². The molecule has 5 nitrogen and oxygen atoms in total. The number of thiophene rings is 2. The summed E-state index contributed by atoms with van der Waals surface area (Å²) in [5, 5.41) is 4.78. The van der Waals surface area contributed by atoms with Crippen LogP contribution < -0.4 is 4.90 Å². The van der Waals surface area contributed by atoms with E-state index in [0.717, 1.165) is 58.6 Å². The average Bonchev–Trinajstić information content (AvgIpc) is 3.68. The largest absolute Gasteiger partial charge is 2.00 e. The number of hydrogen-bond acceptors (Lipinski definition) is 7. The number of hydrogen-bond donors (Lipinski definition) is 0. The zero-order valence-corrected chi connectivity index (χ0v) is 27.9. The fraction of sp³-hybridized carbons (Fsp3) is 0. The van der Waals surface area contributed by atoms with Gasteiger partial charge < -0.3 is 0 Å². The molecule has 0 radical (unpaired) electrons. The van der Waals surface area contributed by atoms with Crippen molar-refractivity contribution < 1.29 is 21.1 Å². The fourth-order valence-electron chi connectivity index (χ4n) is 5.91. The molecule has 6 aromatic heterocycles. The van der Waals surface area contributed by atoms with Crippen LogP contribution in [0.25, 0.3) is 62.9 Å². The van der Waals surface area contributed by atoms with Crippen molar-refractivity contribution in [3.63, 3.8) is 0 Å². The van der Waals surface area contributed by atoms with Crippen LogP contribution in [0.2, 0.25) is 0 Å². The molecule has 0 N–H and O–H groups in total. The van der Waals surface area contributed by atoms with Gasteiger partial charge in [-0.15, -0.1) is 47.5 Å². The number of fused-ring (bicyclic) bond motifs is 6. The molecule has 3 aromatic carbocycles. The minimum Gasteiger partial charge on any atom is -0.280 e. The summed E-state index contributed by atoms with van der Waals surface area (Å²) in [6.07, 6.45) is 7.55. The fourth-order valence-corrected chi connectivity index (χ4v) is 8.26. The number of pyridine rings is 4.